The van der Waals surface area contributed by atoms with Crippen molar-refractivity contribution in [2.75, 3.05) is 80.2 Å². The number of esters is 2. The van der Waals surface area contributed by atoms with Crippen molar-refractivity contribution in [1.29, 1.82) is 0 Å². The zero-order chi connectivity index (χ0) is 101. The van der Waals surface area contributed by atoms with E-state index in [0.29, 0.717) is 166 Å². The number of nitrogens with one attached hydrogen (secondary N) is 1. The van der Waals surface area contributed by atoms with E-state index in [1.165, 1.54) is 0 Å². The maximum absolute atomic E-state index is 14.9. The number of halogens is 16. The Hall–Kier alpha value is -4.47. The van der Waals surface area contributed by atoms with E-state index in [0.717, 1.165) is 125 Å². The van der Waals surface area contributed by atoms with Gasteiger partial charge in [-0.25, -0.2) is 89.0 Å². The van der Waals surface area contributed by atoms with Crippen LogP contribution in [-0.4, -0.2) is 278 Å². The lowest BCUT2D eigenvalue weighted by Crippen LogP contribution is -2.59. The van der Waals surface area contributed by atoms with Gasteiger partial charge in [0.25, 0.3) is 10.0 Å². The number of carbonyl (C=O) groups is 5. The molecule has 132 heavy (non-hydrogen) atoms. The Kier molecular flexibility index (Phi) is 33.5. The van der Waals surface area contributed by atoms with Crippen LogP contribution in [0.3, 0.4) is 0 Å². The van der Waals surface area contributed by atoms with Crippen LogP contribution in [-0.2, 0) is 134 Å². The second-order valence-electron chi connectivity index (χ2n) is 37.2. The van der Waals surface area contributed by atoms with Crippen LogP contribution < -0.4 is 5.32 Å². The van der Waals surface area contributed by atoms with Gasteiger partial charge in [0.1, 0.15) is 0 Å². The van der Waals surface area contributed by atoms with E-state index in [9.17, 15) is 178 Å². The molecule has 0 aromatic heterocycles. The Bertz CT molecular complexity index is 5250. The van der Waals surface area contributed by atoms with Gasteiger partial charge in [-0.1, -0.05) is 57.1 Å². The van der Waals surface area contributed by atoms with Crippen molar-refractivity contribution >= 4 is 130 Å². The van der Waals surface area contributed by atoms with Crippen LogP contribution in [0.1, 0.15) is 206 Å². The van der Waals surface area contributed by atoms with E-state index in [1.807, 2.05) is 0 Å². The summed E-state index contributed by atoms with van der Waals surface area (Å²) in [5.41, 5.74) is -13.8. The number of hydrogen-bond donors (Lipinski definition) is 1. The van der Waals surface area contributed by atoms with Gasteiger partial charge in [0.15, 0.2) is 6.10 Å². The van der Waals surface area contributed by atoms with Gasteiger partial charge >= 0.3 is 127 Å². The third-order valence-corrected chi connectivity index (χ3v) is 47.1. The van der Waals surface area contributed by atoms with Crippen molar-refractivity contribution in [2.24, 2.45) is 69.5 Å². The molecule has 15 rings (SSSR count). The molecule has 14 saturated carbocycles. The molecule has 1 atom stereocenters. The van der Waals surface area contributed by atoms with Crippen molar-refractivity contribution in [3.05, 3.63) is 0 Å². The second-order valence-corrected chi connectivity index (χ2v) is 58.4. The SMILES string of the molecule is CC(OC(=O)C12CC3CC(CC(C3)C1)C2)C(F)(F)S(=O)(=O)N(C)S(=O)(=O)C(F)(F)F.CN(S(=O)(=O)C(F)(F)F)S(=O)(=O)C(F)(F)C(=O)N(C1CCCCC1)C1CCCCC1.CN(S(C)(=O)=O)S(=O)(=O)C(F)(F)C(=O)N1CCCCC1.CN(S(C)(=O)=O)S(=O)(=O)C(F)(F)C(=O)NCC12CC3CC(CC(C3)C1)C2.CN(S(C)(=O)=O)S(=O)(=O)C(F)(F)C(=O)OCC12CC3CC(CC(C3)C1)C2. The second kappa shape index (κ2) is 39.2. The van der Waals surface area contributed by atoms with Crippen LogP contribution in [0.25, 0.3) is 0 Å². The molecule has 3 amide bonds. The number of carbonyl (C=O) groups excluding carboxylic acids is 5. The zero-order valence-electron chi connectivity index (χ0n) is 73.0. The number of ether oxygens (including phenoxy) is 2. The molecule has 1 heterocycles. The molecule has 61 heteroatoms. The highest BCUT2D eigenvalue weighted by molar-refractivity contribution is 8.06. The number of piperidine rings is 1. The number of hydrogen-bond acceptors (Lipinski definition) is 27. The third-order valence-electron chi connectivity index (χ3n) is 27.5. The van der Waals surface area contributed by atoms with Gasteiger partial charge in [-0.15, -0.1) is 0 Å². The minimum Gasteiger partial charge on any atom is -0.460 e. The highest BCUT2D eigenvalue weighted by Gasteiger charge is 2.68. The summed E-state index contributed by atoms with van der Waals surface area (Å²) in [5, 5.41) is -23.0. The molecule has 0 aromatic rings. The molecule has 0 aromatic carbocycles. The number of alkyl halides is 16. The Morgan fingerprint density at radius 3 is 0.985 bits per heavy atom. The zero-order valence-corrected chi connectivity index (χ0v) is 81.1. The molecule has 35 nitrogen and oxygen atoms in total. The summed E-state index contributed by atoms with van der Waals surface area (Å²) in [4.78, 5) is 62.6. The normalized spacial score (nSPS) is 28.6. The summed E-state index contributed by atoms with van der Waals surface area (Å²) in [7, 11) is -55.3. The average molecular weight is 2130 g/mol. The van der Waals surface area contributed by atoms with E-state index in [-0.39, 0.29) is 68.9 Å². The lowest BCUT2D eigenvalue weighted by Gasteiger charge is -2.56. The smallest absolute Gasteiger partial charge is 0.460 e. The van der Waals surface area contributed by atoms with Gasteiger partial charge in [0.05, 0.1) is 30.8 Å². The Labute approximate surface area is 757 Å². The molecular formula is C71H110F16N8O27S10. The molecule has 12 bridgehead atoms. The molecule has 1 aliphatic heterocycles. The van der Waals surface area contributed by atoms with Gasteiger partial charge < -0.3 is 24.6 Å². The number of amides is 3. The summed E-state index contributed by atoms with van der Waals surface area (Å²) >= 11 is 0. The fourth-order valence-corrected chi connectivity index (χ4v) is 33.9. The van der Waals surface area contributed by atoms with Crippen molar-refractivity contribution < 1.29 is 188 Å². The number of rotatable bonds is 28. The first kappa shape index (κ1) is 113. The van der Waals surface area contributed by atoms with Gasteiger partial charge in [-0.3, -0.25) is 19.2 Å². The first-order valence-electron chi connectivity index (χ1n) is 41.9. The Morgan fingerprint density at radius 2 is 0.659 bits per heavy atom. The van der Waals surface area contributed by atoms with Crippen LogP contribution in [0.5, 0.6) is 0 Å². The van der Waals surface area contributed by atoms with Gasteiger partial charge in [0, 0.05) is 72.4 Å². The van der Waals surface area contributed by atoms with E-state index in [2.05, 4.69) is 5.32 Å². The standard InChI is InChI=1S/C16H25F5N2O5S2.C16H22F5NO6S2.C15H24F2N2O5S2.C15H23F2NO6S2.C9H16F2N2O5S2/c1-22(30(27,28)16(19,20)21)29(25,26)15(17,18)14(24)23(12-8-4-2-5-9-12)13-10-6-3-7-11-13;1-9(15(17,18)29(24,25)22(2)30(26,27)16(19,20)21)28-13(23)14-6-10-3-11(7-14)5-12(4-10)8-14;1-19(25(2,21)22)26(23,24)15(16,17)13(20)18-9-14-6-10-3-11(7-14)5-12(4-10)8-14;1-18(25(2,20)21)26(22,23)15(16,17)13(19)24-9-14-6-10-3-11(7-14)5-12(4-10)8-14;1-12(19(2,15)16)20(17,18)9(10,11)8(14)13-6-4-3-5-7-13/h12-13H,2-11H2,1H3;9-12H,3-8H2,1-2H3;10-12H,3-9H2,1-2H3,(H,18,20);10-12H,3-9H2,1-2H3;3-7H2,1-2H3. The highest BCUT2D eigenvalue weighted by Crippen LogP contribution is 2.63. The van der Waals surface area contributed by atoms with Gasteiger partial charge in [-0.05, 0) is 226 Å². The van der Waals surface area contributed by atoms with Gasteiger partial charge in [-0.2, -0.15) is 70.2 Å². The summed E-state index contributed by atoms with van der Waals surface area (Å²) < 4.78 is 457. The van der Waals surface area contributed by atoms with Crippen LogP contribution in [0, 0.1) is 69.5 Å². The minimum absolute atomic E-state index is 0.00301. The fraction of sp³-hybridized carbons (Fsp3) is 0.930. The number of likely N-dealkylation sites (tertiary alicyclic amines) is 1. The molecule has 768 valence electrons. The maximum atomic E-state index is 14.9. The first-order chi connectivity index (χ1) is 59.5. The largest absolute Gasteiger partial charge is 0.512 e. The topological polar surface area (TPSA) is 480 Å². The monoisotopic (exact) mass is 2130 g/mol. The summed E-state index contributed by atoms with van der Waals surface area (Å²) in [5.74, 6) is -5.27. The van der Waals surface area contributed by atoms with E-state index in [1.54, 1.807) is 0 Å². The lowest BCUT2D eigenvalue weighted by molar-refractivity contribution is -0.185. The summed E-state index contributed by atoms with van der Waals surface area (Å²) in [6.45, 7) is 0.342. The van der Waals surface area contributed by atoms with Crippen LogP contribution in [0.15, 0.2) is 0 Å². The van der Waals surface area contributed by atoms with Gasteiger partial charge in [0.2, 0.25) is 30.1 Å². The van der Waals surface area contributed by atoms with Crippen molar-refractivity contribution in [1.82, 2.24) is 33.7 Å². The highest BCUT2D eigenvalue weighted by atomic mass is 32.3. The molecular weight excluding hydrogens is 2020 g/mol. The van der Waals surface area contributed by atoms with Crippen molar-refractivity contribution in [3.63, 3.8) is 0 Å². The number of nitrogens with zero attached hydrogens (tertiary/aromatic N) is 7. The summed E-state index contributed by atoms with van der Waals surface area (Å²) in [6, 6.07) is -1.33. The van der Waals surface area contributed by atoms with E-state index >= 15 is 0 Å². The molecule has 15 aliphatic rings. The average Bonchev–Trinajstić information content (AvgIpc) is 0.822. The Balaban J connectivity index is 0.000000205. The van der Waals surface area contributed by atoms with Crippen molar-refractivity contribution in [3.8, 4) is 0 Å². The molecule has 1 N–H and O–H groups in total. The Morgan fingerprint density at radius 1 is 0.371 bits per heavy atom. The fourth-order valence-electron chi connectivity index (χ4n) is 21.7. The maximum Gasteiger partial charge on any atom is 0.512 e. The third kappa shape index (κ3) is 22.9. The predicted octanol–water partition coefficient (Wildman–Crippen LogP) is 8.53. The van der Waals surface area contributed by atoms with Crippen molar-refractivity contribution in [2.45, 2.75) is 261 Å². The van der Waals surface area contributed by atoms with Crippen LogP contribution in [0.4, 0.5) is 70.2 Å². The molecule has 0 radical (unpaired) electrons. The lowest BCUT2D eigenvalue weighted by atomic mass is 9.49. The predicted molar refractivity (Wildman–Crippen MR) is 435 cm³/mol. The molecule has 14 aliphatic carbocycles. The molecule has 0 spiro atoms. The molecule has 1 unspecified atom stereocenters. The minimum atomic E-state index is -6.63. The summed E-state index contributed by atoms with van der Waals surface area (Å²) in [6.07, 6.45) is 22.1. The van der Waals surface area contributed by atoms with E-state index in [4.69, 9.17) is 9.47 Å². The first-order valence-corrected chi connectivity index (χ1v) is 57.5. The van der Waals surface area contributed by atoms with Crippen LogP contribution in [0.2, 0.25) is 0 Å². The van der Waals surface area contributed by atoms with Crippen LogP contribution >= 0.6 is 0 Å². The van der Waals surface area contributed by atoms with E-state index < -0.39 is 209 Å². The quantitative estimate of drug-likeness (QED) is 0.0566. The molecule has 1 saturated heterocycles. The molecule has 15 fully saturated rings. The number of sulfonamides is 10.